The Balaban J connectivity index is 2.13. The van der Waals surface area contributed by atoms with Gasteiger partial charge in [0.15, 0.2) is 0 Å². The molecule has 4 nitrogen and oxygen atoms in total. The third-order valence-corrected chi connectivity index (χ3v) is 3.86. The molecular formula is C14H17F3N2O2. The van der Waals surface area contributed by atoms with Crippen LogP contribution in [0.4, 0.5) is 13.2 Å². The fraction of sp³-hybridized carbons (Fsp3) is 0.500. The van der Waals surface area contributed by atoms with E-state index in [1.807, 2.05) is 4.90 Å². The van der Waals surface area contributed by atoms with Crippen LogP contribution in [-0.4, -0.2) is 35.6 Å². The lowest BCUT2D eigenvalue weighted by molar-refractivity contribution is -0.141. The standard InChI is InChI=1S/C14H17F3N2O2/c15-14(16,17)11-3-1-9(2-4-11)12(7-18)19-6-5-10(8-19)13(20)21/h1-4,10,12H,5-8,18H2,(H,20,21)/t10-,12-/m0/s1. The van der Waals surface area contributed by atoms with E-state index in [0.29, 0.717) is 25.1 Å². The van der Waals surface area contributed by atoms with Gasteiger partial charge in [0, 0.05) is 19.1 Å². The fourth-order valence-corrected chi connectivity index (χ4v) is 2.66. The van der Waals surface area contributed by atoms with E-state index < -0.39 is 23.6 Å². The Morgan fingerprint density at radius 3 is 2.43 bits per heavy atom. The minimum atomic E-state index is -4.36. The maximum Gasteiger partial charge on any atom is 0.416 e. The molecule has 0 radical (unpaired) electrons. The van der Waals surface area contributed by atoms with Gasteiger partial charge >= 0.3 is 12.1 Å². The Morgan fingerprint density at radius 2 is 2.00 bits per heavy atom. The van der Waals surface area contributed by atoms with E-state index in [1.165, 1.54) is 12.1 Å². The molecule has 1 aliphatic heterocycles. The number of benzene rings is 1. The van der Waals surface area contributed by atoms with Gasteiger partial charge in [-0.1, -0.05) is 12.1 Å². The van der Waals surface area contributed by atoms with Crippen molar-refractivity contribution in [3.05, 3.63) is 35.4 Å². The van der Waals surface area contributed by atoms with Crippen LogP contribution in [0, 0.1) is 5.92 Å². The van der Waals surface area contributed by atoms with E-state index in [2.05, 4.69) is 0 Å². The van der Waals surface area contributed by atoms with E-state index in [9.17, 15) is 18.0 Å². The van der Waals surface area contributed by atoms with E-state index >= 15 is 0 Å². The molecule has 1 aromatic rings. The zero-order valence-corrected chi connectivity index (χ0v) is 11.3. The van der Waals surface area contributed by atoms with Crippen LogP contribution in [-0.2, 0) is 11.0 Å². The molecule has 1 aromatic carbocycles. The molecule has 1 aliphatic rings. The van der Waals surface area contributed by atoms with Gasteiger partial charge in [-0.25, -0.2) is 0 Å². The topological polar surface area (TPSA) is 66.6 Å². The number of nitrogens with zero attached hydrogens (tertiary/aromatic N) is 1. The largest absolute Gasteiger partial charge is 0.481 e. The third kappa shape index (κ3) is 3.54. The summed E-state index contributed by atoms with van der Waals surface area (Å²) >= 11 is 0. The molecule has 0 aromatic heterocycles. The van der Waals surface area contributed by atoms with E-state index in [4.69, 9.17) is 10.8 Å². The molecule has 2 rings (SSSR count). The highest BCUT2D eigenvalue weighted by Gasteiger charge is 2.33. The summed E-state index contributed by atoms with van der Waals surface area (Å²) < 4.78 is 37.6. The van der Waals surface area contributed by atoms with E-state index in [0.717, 1.165) is 12.1 Å². The molecule has 7 heteroatoms. The number of alkyl halides is 3. The van der Waals surface area contributed by atoms with Crippen LogP contribution >= 0.6 is 0 Å². The van der Waals surface area contributed by atoms with Crippen LogP contribution in [0.1, 0.15) is 23.6 Å². The van der Waals surface area contributed by atoms with Gasteiger partial charge in [-0.2, -0.15) is 13.2 Å². The first kappa shape index (κ1) is 15.8. The second-order valence-electron chi connectivity index (χ2n) is 5.19. The van der Waals surface area contributed by atoms with Crippen LogP contribution < -0.4 is 5.73 Å². The normalized spacial score (nSPS) is 21.4. The number of carboxylic acid groups (broad SMARTS) is 1. The molecule has 0 aliphatic carbocycles. The number of aliphatic carboxylic acids is 1. The molecule has 3 N–H and O–H groups in total. The maximum absolute atomic E-state index is 12.5. The van der Waals surface area contributed by atoms with Crippen LogP contribution in [0.5, 0.6) is 0 Å². The third-order valence-electron chi connectivity index (χ3n) is 3.86. The summed E-state index contributed by atoms with van der Waals surface area (Å²) in [4.78, 5) is 12.9. The number of hydrogen-bond donors (Lipinski definition) is 2. The molecule has 0 bridgehead atoms. The van der Waals surface area contributed by atoms with Crippen LogP contribution in [0.3, 0.4) is 0 Å². The summed E-state index contributed by atoms with van der Waals surface area (Å²) in [5, 5.41) is 9.00. The van der Waals surface area contributed by atoms with Crippen LogP contribution in [0.25, 0.3) is 0 Å². The van der Waals surface area contributed by atoms with Gasteiger partial charge in [0.25, 0.3) is 0 Å². The average Bonchev–Trinajstić information content (AvgIpc) is 2.89. The monoisotopic (exact) mass is 302 g/mol. The quantitative estimate of drug-likeness (QED) is 0.894. The van der Waals surface area contributed by atoms with Gasteiger partial charge in [-0.15, -0.1) is 0 Å². The van der Waals surface area contributed by atoms with E-state index in [1.54, 1.807) is 0 Å². The number of likely N-dealkylation sites (tertiary alicyclic amines) is 1. The minimum Gasteiger partial charge on any atom is -0.481 e. The van der Waals surface area contributed by atoms with Crippen molar-refractivity contribution < 1.29 is 23.1 Å². The maximum atomic E-state index is 12.5. The first-order chi connectivity index (χ1) is 9.82. The summed E-state index contributed by atoms with van der Waals surface area (Å²) in [5.41, 5.74) is 5.69. The fourth-order valence-electron chi connectivity index (χ4n) is 2.66. The molecule has 1 saturated heterocycles. The van der Waals surface area contributed by atoms with Gasteiger partial charge < -0.3 is 10.8 Å². The predicted molar refractivity (Wildman–Crippen MR) is 70.6 cm³/mol. The number of hydrogen-bond acceptors (Lipinski definition) is 3. The summed E-state index contributed by atoms with van der Waals surface area (Å²) in [6, 6.07) is 4.63. The first-order valence-electron chi connectivity index (χ1n) is 6.67. The minimum absolute atomic E-state index is 0.234. The molecule has 0 amide bonds. The van der Waals surface area contributed by atoms with E-state index in [-0.39, 0.29) is 12.6 Å². The summed E-state index contributed by atoms with van der Waals surface area (Å²) in [6.45, 7) is 1.19. The molecule has 21 heavy (non-hydrogen) atoms. The van der Waals surface area contributed by atoms with Crippen molar-refractivity contribution in [3.63, 3.8) is 0 Å². The number of carbonyl (C=O) groups is 1. The second kappa shape index (κ2) is 6.03. The lowest BCUT2D eigenvalue weighted by Crippen LogP contribution is -2.33. The second-order valence-corrected chi connectivity index (χ2v) is 5.19. The van der Waals surface area contributed by atoms with Crippen molar-refractivity contribution in [3.8, 4) is 0 Å². The molecule has 2 atom stereocenters. The molecule has 116 valence electrons. The summed E-state index contributed by atoms with van der Waals surface area (Å²) in [6.07, 6.45) is -3.83. The Morgan fingerprint density at radius 1 is 1.38 bits per heavy atom. The lowest BCUT2D eigenvalue weighted by Gasteiger charge is -2.27. The molecule has 0 spiro atoms. The van der Waals surface area contributed by atoms with Crippen molar-refractivity contribution in [1.29, 1.82) is 0 Å². The first-order valence-corrected chi connectivity index (χ1v) is 6.67. The van der Waals surface area contributed by atoms with Crippen molar-refractivity contribution in [2.75, 3.05) is 19.6 Å². The SMILES string of the molecule is NC[C@@H](c1ccc(C(F)(F)F)cc1)N1CC[C@H](C(=O)O)C1. The van der Waals surface area contributed by atoms with Gasteiger partial charge in [-0.3, -0.25) is 9.69 Å². The molecule has 1 heterocycles. The van der Waals surface area contributed by atoms with Crippen molar-refractivity contribution in [2.45, 2.75) is 18.6 Å². The van der Waals surface area contributed by atoms with Gasteiger partial charge in [0.1, 0.15) is 0 Å². The summed E-state index contributed by atoms with van der Waals surface area (Å²) in [5.74, 6) is -1.28. The van der Waals surface area contributed by atoms with Gasteiger partial charge in [-0.05, 0) is 30.7 Å². The molecule has 1 fully saturated rings. The molecular weight excluding hydrogens is 285 g/mol. The van der Waals surface area contributed by atoms with Crippen LogP contribution in [0.2, 0.25) is 0 Å². The predicted octanol–water partition coefficient (Wildman–Crippen LogP) is 2.11. The number of carboxylic acids is 1. The number of nitrogens with two attached hydrogens (primary N) is 1. The van der Waals surface area contributed by atoms with Crippen molar-refractivity contribution in [2.24, 2.45) is 11.7 Å². The lowest BCUT2D eigenvalue weighted by atomic mass is 10.0. The number of rotatable bonds is 4. The average molecular weight is 302 g/mol. The highest BCUT2D eigenvalue weighted by atomic mass is 19.4. The number of halogens is 3. The zero-order valence-electron chi connectivity index (χ0n) is 11.3. The Bertz CT molecular complexity index is 502. The van der Waals surface area contributed by atoms with Crippen molar-refractivity contribution in [1.82, 2.24) is 4.90 Å². The Hall–Kier alpha value is -1.60. The summed E-state index contributed by atoms with van der Waals surface area (Å²) in [7, 11) is 0. The Labute approximate surface area is 120 Å². The zero-order chi connectivity index (χ0) is 15.6. The highest BCUT2D eigenvalue weighted by molar-refractivity contribution is 5.70. The smallest absolute Gasteiger partial charge is 0.416 e. The van der Waals surface area contributed by atoms with Crippen LogP contribution in [0.15, 0.2) is 24.3 Å². The van der Waals surface area contributed by atoms with Gasteiger partial charge in [0.2, 0.25) is 0 Å². The van der Waals surface area contributed by atoms with Gasteiger partial charge in [0.05, 0.1) is 11.5 Å². The Kier molecular flexibility index (Phi) is 4.53. The molecule has 0 saturated carbocycles. The highest BCUT2D eigenvalue weighted by Crippen LogP contribution is 2.32. The molecule has 0 unspecified atom stereocenters. The van der Waals surface area contributed by atoms with Crippen molar-refractivity contribution >= 4 is 5.97 Å².